The number of anilines is 1. The van der Waals surface area contributed by atoms with Crippen molar-refractivity contribution >= 4 is 17.3 Å². The van der Waals surface area contributed by atoms with Gasteiger partial charge in [-0.25, -0.2) is 0 Å². The van der Waals surface area contributed by atoms with Gasteiger partial charge in [0.1, 0.15) is 0 Å². The summed E-state index contributed by atoms with van der Waals surface area (Å²) in [5.41, 5.74) is 9.94. The lowest BCUT2D eigenvalue weighted by molar-refractivity contribution is 0.185. The molecule has 0 heterocycles. The molecule has 0 saturated heterocycles. The zero-order valence-corrected chi connectivity index (χ0v) is 10.4. The average Bonchev–Trinajstić information content (AvgIpc) is 2.32. The first kappa shape index (κ1) is 12.0. The molecule has 0 spiro atoms. The van der Waals surface area contributed by atoms with Crippen molar-refractivity contribution in [2.75, 3.05) is 12.8 Å². The number of benzene rings is 2. The predicted molar refractivity (Wildman–Crippen MR) is 72.0 cm³/mol. The van der Waals surface area contributed by atoms with Crippen LogP contribution in [0.4, 0.5) is 5.69 Å². The van der Waals surface area contributed by atoms with Crippen LogP contribution in [0.2, 0.25) is 5.02 Å². The van der Waals surface area contributed by atoms with Gasteiger partial charge >= 0.3 is 0 Å². The molecule has 2 N–H and O–H groups in total. The molecule has 0 aliphatic rings. The monoisotopic (exact) mass is 247 g/mol. The Morgan fingerprint density at radius 3 is 2.47 bits per heavy atom. The number of rotatable bonds is 3. The van der Waals surface area contributed by atoms with E-state index in [1.54, 1.807) is 7.11 Å². The van der Waals surface area contributed by atoms with Gasteiger partial charge in [0.15, 0.2) is 0 Å². The zero-order chi connectivity index (χ0) is 12.3. The van der Waals surface area contributed by atoms with E-state index in [4.69, 9.17) is 22.1 Å². The molecule has 2 rings (SSSR count). The van der Waals surface area contributed by atoms with E-state index in [0.717, 1.165) is 27.4 Å². The molecule has 0 aliphatic carbocycles. The van der Waals surface area contributed by atoms with E-state index in [2.05, 4.69) is 0 Å². The van der Waals surface area contributed by atoms with Gasteiger partial charge in [0.05, 0.1) is 6.61 Å². The van der Waals surface area contributed by atoms with E-state index in [1.807, 2.05) is 42.5 Å². The molecule has 0 aromatic heterocycles. The van der Waals surface area contributed by atoms with Gasteiger partial charge in [-0.05, 0) is 29.3 Å². The lowest BCUT2D eigenvalue weighted by Gasteiger charge is -2.12. The minimum atomic E-state index is 0.545. The first-order valence-corrected chi connectivity index (χ1v) is 5.72. The molecule has 0 bridgehead atoms. The summed E-state index contributed by atoms with van der Waals surface area (Å²) in [6, 6.07) is 13.5. The highest BCUT2D eigenvalue weighted by Crippen LogP contribution is 2.30. The van der Waals surface area contributed by atoms with Gasteiger partial charge in [0.2, 0.25) is 0 Å². The summed E-state index contributed by atoms with van der Waals surface area (Å²) in [6.07, 6.45) is 0. The number of nitrogens with two attached hydrogens (primary N) is 1. The second kappa shape index (κ2) is 5.21. The van der Waals surface area contributed by atoms with Gasteiger partial charge in [-0.2, -0.15) is 0 Å². The van der Waals surface area contributed by atoms with Crippen LogP contribution in [0, 0.1) is 0 Å². The number of hydrogen-bond acceptors (Lipinski definition) is 2. The van der Waals surface area contributed by atoms with Crippen molar-refractivity contribution in [3.05, 3.63) is 53.1 Å². The van der Waals surface area contributed by atoms with Crippen molar-refractivity contribution in [2.45, 2.75) is 6.61 Å². The summed E-state index contributed by atoms with van der Waals surface area (Å²) in [6.45, 7) is 0.545. The number of methoxy groups -OCH3 is 1. The lowest BCUT2D eigenvalue weighted by Crippen LogP contribution is -1.97. The number of nitrogen functional groups attached to an aromatic ring is 1. The molecular formula is C14H14ClNO. The van der Waals surface area contributed by atoms with E-state index in [0.29, 0.717) is 6.61 Å². The molecule has 0 saturated carbocycles. The van der Waals surface area contributed by atoms with Gasteiger partial charge < -0.3 is 10.5 Å². The third kappa shape index (κ3) is 2.60. The summed E-state index contributed by atoms with van der Waals surface area (Å²) >= 11 is 5.88. The Morgan fingerprint density at radius 1 is 1.12 bits per heavy atom. The van der Waals surface area contributed by atoms with Crippen molar-refractivity contribution in [3.63, 3.8) is 0 Å². The van der Waals surface area contributed by atoms with E-state index >= 15 is 0 Å². The van der Waals surface area contributed by atoms with Crippen LogP contribution in [0.25, 0.3) is 11.1 Å². The minimum absolute atomic E-state index is 0.545. The fourth-order valence-corrected chi connectivity index (χ4v) is 1.99. The largest absolute Gasteiger partial charge is 0.398 e. The molecule has 88 valence electrons. The molecule has 17 heavy (non-hydrogen) atoms. The molecule has 0 aliphatic heterocycles. The van der Waals surface area contributed by atoms with Gasteiger partial charge in [-0.1, -0.05) is 35.9 Å². The van der Waals surface area contributed by atoms with Gasteiger partial charge in [0.25, 0.3) is 0 Å². The van der Waals surface area contributed by atoms with Crippen LogP contribution in [-0.2, 0) is 11.3 Å². The Morgan fingerprint density at radius 2 is 1.82 bits per heavy atom. The molecule has 3 heteroatoms. The van der Waals surface area contributed by atoms with Crippen molar-refractivity contribution in [3.8, 4) is 11.1 Å². The Bertz CT molecular complexity index is 508. The van der Waals surface area contributed by atoms with Crippen molar-refractivity contribution in [1.29, 1.82) is 0 Å². The first-order valence-electron chi connectivity index (χ1n) is 5.34. The number of ether oxygens (including phenoxy) is 1. The van der Waals surface area contributed by atoms with Crippen LogP contribution < -0.4 is 5.73 Å². The van der Waals surface area contributed by atoms with Gasteiger partial charge in [0, 0.05) is 23.4 Å². The van der Waals surface area contributed by atoms with Crippen LogP contribution in [0.3, 0.4) is 0 Å². The topological polar surface area (TPSA) is 35.2 Å². The molecule has 0 fully saturated rings. The van der Waals surface area contributed by atoms with Crippen LogP contribution in [0.5, 0.6) is 0 Å². The SMILES string of the molecule is COCc1cccc(N)c1-c1ccc(Cl)cc1. The highest BCUT2D eigenvalue weighted by molar-refractivity contribution is 6.30. The minimum Gasteiger partial charge on any atom is -0.398 e. The Labute approximate surface area is 106 Å². The molecule has 2 aromatic carbocycles. The Kier molecular flexibility index (Phi) is 3.67. The fraction of sp³-hybridized carbons (Fsp3) is 0.143. The predicted octanol–water partition coefficient (Wildman–Crippen LogP) is 3.74. The summed E-state index contributed by atoms with van der Waals surface area (Å²) in [7, 11) is 1.68. The molecule has 0 atom stereocenters. The molecular weight excluding hydrogens is 234 g/mol. The highest BCUT2D eigenvalue weighted by Gasteiger charge is 2.08. The molecule has 0 radical (unpaired) electrons. The first-order chi connectivity index (χ1) is 8.22. The molecule has 2 nitrogen and oxygen atoms in total. The molecule has 2 aromatic rings. The third-order valence-electron chi connectivity index (χ3n) is 2.62. The maximum Gasteiger partial charge on any atom is 0.0719 e. The highest BCUT2D eigenvalue weighted by atomic mass is 35.5. The third-order valence-corrected chi connectivity index (χ3v) is 2.87. The van der Waals surface area contributed by atoms with Gasteiger partial charge in [-0.3, -0.25) is 0 Å². The zero-order valence-electron chi connectivity index (χ0n) is 9.61. The van der Waals surface area contributed by atoms with Gasteiger partial charge in [-0.15, -0.1) is 0 Å². The lowest BCUT2D eigenvalue weighted by atomic mass is 9.98. The quantitative estimate of drug-likeness (QED) is 0.839. The van der Waals surface area contributed by atoms with Crippen molar-refractivity contribution < 1.29 is 4.74 Å². The van der Waals surface area contributed by atoms with Crippen molar-refractivity contribution in [1.82, 2.24) is 0 Å². The van der Waals surface area contributed by atoms with Crippen LogP contribution in [0.15, 0.2) is 42.5 Å². The second-order valence-electron chi connectivity index (χ2n) is 3.82. The van der Waals surface area contributed by atoms with E-state index in [9.17, 15) is 0 Å². The number of hydrogen-bond donors (Lipinski definition) is 1. The molecule has 0 unspecified atom stereocenters. The van der Waals surface area contributed by atoms with E-state index in [-0.39, 0.29) is 0 Å². The summed E-state index contributed by atoms with van der Waals surface area (Å²) in [5, 5.41) is 0.719. The summed E-state index contributed by atoms with van der Waals surface area (Å²) in [5.74, 6) is 0. The van der Waals surface area contributed by atoms with Crippen LogP contribution in [0.1, 0.15) is 5.56 Å². The number of halogens is 1. The van der Waals surface area contributed by atoms with E-state index in [1.165, 1.54) is 0 Å². The smallest absolute Gasteiger partial charge is 0.0719 e. The standard InChI is InChI=1S/C14H14ClNO/c1-17-9-11-3-2-4-13(16)14(11)10-5-7-12(15)8-6-10/h2-8H,9,16H2,1H3. The van der Waals surface area contributed by atoms with E-state index < -0.39 is 0 Å². The Balaban J connectivity index is 2.53. The van der Waals surface area contributed by atoms with Crippen LogP contribution >= 0.6 is 11.6 Å². The molecule has 0 amide bonds. The second-order valence-corrected chi connectivity index (χ2v) is 4.26. The maximum absolute atomic E-state index is 6.03. The normalized spacial score (nSPS) is 10.5. The maximum atomic E-state index is 6.03. The Hall–Kier alpha value is -1.51. The summed E-state index contributed by atoms with van der Waals surface area (Å²) in [4.78, 5) is 0. The van der Waals surface area contributed by atoms with Crippen molar-refractivity contribution in [2.24, 2.45) is 0 Å². The van der Waals surface area contributed by atoms with Crippen LogP contribution in [-0.4, -0.2) is 7.11 Å². The average molecular weight is 248 g/mol. The fourth-order valence-electron chi connectivity index (χ4n) is 1.86. The summed E-state index contributed by atoms with van der Waals surface area (Å²) < 4.78 is 5.19.